The second-order valence-corrected chi connectivity index (χ2v) is 4.93. The van der Waals surface area contributed by atoms with Gasteiger partial charge >= 0.3 is 0 Å². The lowest BCUT2D eigenvalue weighted by Gasteiger charge is -2.21. The van der Waals surface area contributed by atoms with Gasteiger partial charge in [0.2, 0.25) is 0 Å². The van der Waals surface area contributed by atoms with Crippen LogP contribution in [0.4, 0.5) is 5.69 Å². The number of hydrogen-bond acceptors (Lipinski definition) is 4. The zero-order valence-electron chi connectivity index (χ0n) is 10.8. The number of ether oxygens (including phenoxy) is 1. The molecule has 18 heavy (non-hydrogen) atoms. The zero-order valence-corrected chi connectivity index (χ0v) is 10.8. The van der Waals surface area contributed by atoms with Crippen LogP contribution in [0.5, 0.6) is 5.75 Å². The highest BCUT2D eigenvalue weighted by atomic mass is 16.5. The molecule has 0 aromatic heterocycles. The van der Waals surface area contributed by atoms with Crippen LogP contribution in [0.25, 0.3) is 0 Å². The van der Waals surface area contributed by atoms with Crippen LogP contribution in [-0.2, 0) is 4.79 Å². The molecule has 0 saturated carbocycles. The molecule has 4 N–H and O–H groups in total. The maximum absolute atomic E-state index is 11.5. The van der Waals surface area contributed by atoms with Gasteiger partial charge in [-0.1, -0.05) is 26.0 Å². The third-order valence-corrected chi connectivity index (χ3v) is 2.47. The van der Waals surface area contributed by atoms with Crippen LogP contribution in [0.2, 0.25) is 0 Å². The van der Waals surface area contributed by atoms with Crippen molar-refractivity contribution in [2.75, 3.05) is 25.5 Å². The van der Waals surface area contributed by atoms with Gasteiger partial charge in [0.25, 0.3) is 5.91 Å². The highest BCUT2D eigenvalue weighted by Crippen LogP contribution is 2.19. The van der Waals surface area contributed by atoms with Crippen molar-refractivity contribution in [2.24, 2.45) is 5.41 Å². The zero-order chi connectivity index (χ0) is 13.6. The molecule has 0 aliphatic heterocycles. The first-order chi connectivity index (χ1) is 8.44. The Bertz CT molecular complexity index is 405. The minimum atomic E-state index is -0.332. The monoisotopic (exact) mass is 252 g/mol. The summed E-state index contributed by atoms with van der Waals surface area (Å²) in [5.74, 6) is 0.258. The molecule has 0 aliphatic rings. The molecule has 0 aliphatic carbocycles. The van der Waals surface area contributed by atoms with Gasteiger partial charge in [0.15, 0.2) is 6.61 Å². The Balaban J connectivity index is 2.36. The number of aliphatic hydroxyl groups is 1. The molecule has 5 heteroatoms. The Morgan fingerprint density at radius 2 is 2.11 bits per heavy atom. The topological polar surface area (TPSA) is 84.6 Å². The fourth-order valence-corrected chi connectivity index (χ4v) is 1.20. The Hall–Kier alpha value is -1.75. The van der Waals surface area contributed by atoms with Crippen molar-refractivity contribution in [1.29, 1.82) is 0 Å². The number of nitrogens with one attached hydrogen (secondary N) is 1. The van der Waals surface area contributed by atoms with E-state index >= 15 is 0 Å². The molecule has 1 aromatic rings. The van der Waals surface area contributed by atoms with Gasteiger partial charge in [-0.3, -0.25) is 4.79 Å². The van der Waals surface area contributed by atoms with Crippen LogP contribution in [0.3, 0.4) is 0 Å². The molecular weight excluding hydrogens is 232 g/mol. The molecule has 5 nitrogen and oxygen atoms in total. The lowest BCUT2D eigenvalue weighted by molar-refractivity contribution is -0.123. The molecule has 100 valence electrons. The molecule has 0 spiro atoms. The molecule has 1 rings (SSSR count). The van der Waals surface area contributed by atoms with Gasteiger partial charge < -0.3 is 20.9 Å². The Kier molecular flexibility index (Phi) is 4.97. The number of nitrogens with two attached hydrogens (primary N) is 1. The van der Waals surface area contributed by atoms with Crippen LogP contribution in [-0.4, -0.2) is 30.8 Å². The number of aliphatic hydroxyl groups excluding tert-OH is 1. The maximum Gasteiger partial charge on any atom is 0.257 e. The largest absolute Gasteiger partial charge is 0.482 e. The van der Waals surface area contributed by atoms with Gasteiger partial charge in [-0.25, -0.2) is 0 Å². The van der Waals surface area contributed by atoms with Gasteiger partial charge in [-0.05, 0) is 12.1 Å². The number of hydrogen-bond donors (Lipinski definition) is 3. The number of para-hydroxylation sites is 2. The van der Waals surface area contributed by atoms with Crippen molar-refractivity contribution in [3.8, 4) is 5.75 Å². The number of benzene rings is 1. The molecular formula is C13H20N2O3. The van der Waals surface area contributed by atoms with Gasteiger partial charge in [0.1, 0.15) is 5.75 Å². The summed E-state index contributed by atoms with van der Waals surface area (Å²) in [6.45, 7) is 4.05. The summed E-state index contributed by atoms with van der Waals surface area (Å²) in [5, 5.41) is 11.8. The van der Waals surface area contributed by atoms with E-state index in [-0.39, 0.29) is 24.5 Å². The molecule has 0 fully saturated rings. The lowest BCUT2D eigenvalue weighted by atomic mass is 9.95. The van der Waals surface area contributed by atoms with Gasteiger partial charge in [0, 0.05) is 18.6 Å². The molecule has 0 saturated heterocycles. The fourth-order valence-electron chi connectivity index (χ4n) is 1.20. The van der Waals surface area contributed by atoms with Crippen molar-refractivity contribution in [3.63, 3.8) is 0 Å². The van der Waals surface area contributed by atoms with E-state index in [1.54, 1.807) is 24.3 Å². The molecule has 1 aromatic carbocycles. The quantitative estimate of drug-likeness (QED) is 0.653. The molecule has 0 heterocycles. The first kappa shape index (κ1) is 14.3. The Morgan fingerprint density at radius 1 is 1.44 bits per heavy atom. The summed E-state index contributed by atoms with van der Waals surface area (Å²) in [4.78, 5) is 11.5. The minimum absolute atomic E-state index is 0.0137. The van der Waals surface area contributed by atoms with Gasteiger partial charge in [-0.15, -0.1) is 0 Å². The number of rotatable bonds is 6. The first-order valence-electron chi connectivity index (χ1n) is 5.79. The van der Waals surface area contributed by atoms with E-state index in [1.165, 1.54) is 0 Å². The van der Waals surface area contributed by atoms with E-state index in [1.807, 2.05) is 13.8 Å². The number of carbonyl (C=O) groups is 1. The van der Waals surface area contributed by atoms with Crippen LogP contribution >= 0.6 is 0 Å². The second-order valence-electron chi connectivity index (χ2n) is 4.93. The fraction of sp³-hybridized carbons (Fsp3) is 0.462. The number of amides is 1. The number of anilines is 1. The van der Waals surface area contributed by atoms with Crippen LogP contribution in [0.1, 0.15) is 13.8 Å². The van der Waals surface area contributed by atoms with Gasteiger partial charge in [0.05, 0.1) is 5.69 Å². The predicted molar refractivity (Wildman–Crippen MR) is 70.2 cm³/mol. The highest BCUT2D eigenvalue weighted by Gasteiger charge is 2.17. The standard InChI is InChI=1S/C13H20N2O3/c1-13(2,9-16)8-15-12(17)7-18-11-6-4-3-5-10(11)14/h3-6,16H,7-9,14H2,1-2H3,(H,15,17). The van der Waals surface area contributed by atoms with Crippen molar-refractivity contribution in [2.45, 2.75) is 13.8 Å². The summed E-state index contributed by atoms with van der Waals surface area (Å²) in [7, 11) is 0. The summed E-state index contributed by atoms with van der Waals surface area (Å²) in [6.07, 6.45) is 0. The molecule has 0 bridgehead atoms. The van der Waals surface area contributed by atoms with E-state index in [0.717, 1.165) is 0 Å². The van der Waals surface area contributed by atoms with E-state index in [4.69, 9.17) is 15.6 Å². The summed E-state index contributed by atoms with van der Waals surface area (Å²) in [5.41, 5.74) is 5.85. The molecule has 0 unspecified atom stereocenters. The van der Waals surface area contributed by atoms with Gasteiger partial charge in [-0.2, -0.15) is 0 Å². The second kappa shape index (κ2) is 6.26. The molecule has 0 atom stereocenters. The lowest BCUT2D eigenvalue weighted by Crippen LogP contribution is -2.38. The number of carbonyl (C=O) groups excluding carboxylic acids is 1. The van der Waals surface area contributed by atoms with Crippen LogP contribution in [0.15, 0.2) is 24.3 Å². The van der Waals surface area contributed by atoms with E-state index < -0.39 is 0 Å². The minimum Gasteiger partial charge on any atom is -0.482 e. The number of nitrogen functional groups attached to an aromatic ring is 1. The smallest absolute Gasteiger partial charge is 0.257 e. The van der Waals surface area contributed by atoms with Crippen molar-refractivity contribution in [1.82, 2.24) is 5.32 Å². The normalized spacial score (nSPS) is 11.1. The summed E-state index contributed by atoms with van der Waals surface area (Å²) in [6, 6.07) is 7.01. The SMILES string of the molecule is CC(C)(CO)CNC(=O)COc1ccccc1N. The van der Waals surface area contributed by atoms with Crippen LogP contribution < -0.4 is 15.8 Å². The van der Waals surface area contributed by atoms with Crippen molar-refractivity contribution in [3.05, 3.63) is 24.3 Å². The van der Waals surface area contributed by atoms with Crippen molar-refractivity contribution >= 4 is 11.6 Å². The summed E-state index contributed by atoms with van der Waals surface area (Å²) >= 11 is 0. The highest BCUT2D eigenvalue weighted by molar-refractivity contribution is 5.77. The third kappa shape index (κ3) is 4.63. The van der Waals surface area contributed by atoms with E-state index in [0.29, 0.717) is 18.0 Å². The average Bonchev–Trinajstić information content (AvgIpc) is 2.35. The maximum atomic E-state index is 11.5. The average molecular weight is 252 g/mol. The Morgan fingerprint density at radius 3 is 2.72 bits per heavy atom. The third-order valence-electron chi connectivity index (χ3n) is 2.47. The van der Waals surface area contributed by atoms with Crippen LogP contribution in [0, 0.1) is 5.41 Å². The van der Waals surface area contributed by atoms with E-state index in [2.05, 4.69) is 5.32 Å². The molecule has 0 radical (unpaired) electrons. The predicted octanol–water partition coefficient (Wildman–Crippen LogP) is 0.782. The summed E-state index contributed by atoms with van der Waals surface area (Å²) < 4.78 is 5.30. The Labute approximate surface area is 107 Å². The first-order valence-corrected chi connectivity index (χ1v) is 5.79. The van der Waals surface area contributed by atoms with Crippen molar-refractivity contribution < 1.29 is 14.6 Å². The van der Waals surface area contributed by atoms with E-state index in [9.17, 15) is 4.79 Å². The molecule has 1 amide bonds.